The summed E-state index contributed by atoms with van der Waals surface area (Å²) < 4.78 is 1.49. The molecule has 2 rings (SSSR count). The Morgan fingerprint density at radius 2 is 2.22 bits per heavy atom. The Kier molecular flexibility index (Phi) is 4.24. The standard InChI is InChI=1S/C13H14BrN3S/c1-3-4-10-11(14)13(18)17-12(16-10)9-7-15-6-5-8(9)2/h5-7H,3-4H2,1-2H3,(H,16,17,18). The monoisotopic (exact) mass is 323 g/mol. The maximum atomic E-state index is 5.29. The molecule has 0 aromatic carbocycles. The van der Waals surface area contributed by atoms with Gasteiger partial charge in [0.15, 0.2) is 0 Å². The highest BCUT2D eigenvalue weighted by atomic mass is 79.9. The first-order valence-electron chi connectivity index (χ1n) is 5.83. The Bertz CT molecular complexity index is 622. The molecule has 0 aliphatic heterocycles. The Hall–Kier alpha value is -1.07. The molecule has 1 N–H and O–H groups in total. The summed E-state index contributed by atoms with van der Waals surface area (Å²) in [4.78, 5) is 11.9. The van der Waals surface area contributed by atoms with Gasteiger partial charge in [-0.1, -0.05) is 25.6 Å². The minimum absolute atomic E-state index is 0.593. The van der Waals surface area contributed by atoms with E-state index < -0.39 is 0 Å². The number of pyridine rings is 1. The number of aryl methyl sites for hydroxylation is 2. The van der Waals surface area contributed by atoms with Crippen molar-refractivity contribution in [3.63, 3.8) is 0 Å². The lowest BCUT2D eigenvalue weighted by atomic mass is 10.1. The Morgan fingerprint density at radius 1 is 1.44 bits per heavy atom. The predicted molar refractivity (Wildman–Crippen MR) is 79.1 cm³/mol. The van der Waals surface area contributed by atoms with Gasteiger partial charge >= 0.3 is 0 Å². The third-order valence-electron chi connectivity index (χ3n) is 2.73. The van der Waals surface area contributed by atoms with Crippen LogP contribution in [0.5, 0.6) is 0 Å². The van der Waals surface area contributed by atoms with E-state index in [0.717, 1.165) is 40.0 Å². The van der Waals surface area contributed by atoms with E-state index in [1.807, 2.05) is 19.2 Å². The Balaban J connectivity index is 2.59. The highest BCUT2D eigenvalue weighted by Gasteiger charge is 2.09. The summed E-state index contributed by atoms with van der Waals surface area (Å²) in [6.45, 7) is 4.18. The number of halogens is 1. The predicted octanol–water partition coefficient (Wildman–Crippen LogP) is 4.22. The molecule has 0 spiro atoms. The van der Waals surface area contributed by atoms with Crippen molar-refractivity contribution in [3.8, 4) is 11.4 Å². The van der Waals surface area contributed by atoms with Crippen LogP contribution in [0.15, 0.2) is 22.9 Å². The molecule has 0 aliphatic rings. The number of nitrogens with one attached hydrogen (secondary N) is 1. The average Bonchev–Trinajstić information content (AvgIpc) is 2.35. The zero-order valence-electron chi connectivity index (χ0n) is 10.3. The molecule has 94 valence electrons. The molecule has 0 fully saturated rings. The van der Waals surface area contributed by atoms with Crippen LogP contribution in [0.3, 0.4) is 0 Å². The molecule has 2 aromatic rings. The molecular weight excluding hydrogens is 310 g/mol. The van der Waals surface area contributed by atoms with Gasteiger partial charge in [0.25, 0.3) is 0 Å². The van der Waals surface area contributed by atoms with Crippen molar-refractivity contribution in [2.45, 2.75) is 26.7 Å². The highest BCUT2D eigenvalue weighted by Crippen LogP contribution is 2.23. The third-order valence-corrected chi connectivity index (χ3v) is 4.14. The first-order valence-corrected chi connectivity index (χ1v) is 7.03. The van der Waals surface area contributed by atoms with Crippen LogP contribution >= 0.6 is 28.1 Å². The smallest absolute Gasteiger partial charge is 0.144 e. The number of nitrogens with zero attached hydrogens (tertiary/aromatic N) is 2. The summed E-state index contributed by atoms with van der Waals surface area (Å²) in [5.74, 6) is 0.789. The van der Waals surface area contributed by atoms with Crippen molar-refractivity contribution in [3.05, 3.63) is 38.8 Å². The van der Waals surface area contributed by atoms with Crippen LogP contribution in [0, 0.1) is 11.6 Å². The van der Waals surface area contributed by atoms with Crippen molar-refractivity contribution >= 4 is 28.1 Å². The van der Waals surface area contributed by atoms with E-state index in [1.54, 1.807) is 6.20 Å². The maximum absolute atomic E-state index is 5.29. The van der Waals surface area contributed by atoms with E-state index in [2.05, 4.69) is 37.8 Å². The fraction of sp³-hybridized carbons (Fsp3) is 0.308. The van der Waals surface area contributed by atoms with Gasteiger partial charge in [0, 0.05) is 23.7 Å². The fourth-order valence-corrected chi connectivity index (χ4v) is 2.37. The van der Waals surface area contributed by atoms with Crippen LogP contribution in [0.2, 0.25) is 0 Å². The summed E-state index contributed by atoms with van der Waals surface area (Å²) in [7, 11) is 0. The van der Waals surface area contributed by atoms with Gasteiger partial charge in [-0.3, -0.25) is 4.98 Å². The van der Waals surface area contributed by atoms with E-state index in [-0.39, 0.29) is 0 Å². The van der Waals surface area contributed by atoms with Crippen molar-refractivity contribution in [1.82, 2.24) is 15.0 Å². The summed E-state index contributed by atoms with van der Waals surface area (Å²) in [6, 6.07) is 1.97. The molecule has 2 aromatic heterocycles. The van der Waals surface area contributed by atoms with Gasteiger partial charge in [0.05, 0.1) is 4.47 Å². The van der Waals surface area contributed by atoms with E-state index in [1.165, 1.54) is 0 Å². The molecular formula is C13H14BrN3S. The van der Waals surface area contributed by atoms with Gasteiger partial charge in [-0.05, 0) is 40.9 Å². The molecule has 0 unspecified atom stereocenters. The number of hydrogen-bond donors (Lipinski definition) is 1. The van der Waals surface area contributed by atoms with Crippen LogP contribution in [0.4, 0.5) is 0 Å². The molecule has 0 atom stereocenters. The summed E-state index contributed by atoms with van der Waals surface area (Å²) in [5, 5.41) is 0. The van der Waals surface area contributed by atoms with Gasteiger partial charge in [-0.15, -0.1) is 0 Å². The average molecular weight is 324 g/mol. The van der Waals surface area contributed by atoms with Gasteiger partial charge < -0.3 is 4.98 Å². The first-order chi connectivity index (χ1) is 8.63. The van der Waals surface area contributed by atoms with E-state index in [9.17, 15) is 0 Å². The molecule has 0 bridgehead atoms. The summed E-state index contributed by atoms with van der Waals surface area (Å²) in [5.41, 5.74) is 3.22. The lowest BCUT2D eigenvalue weighted by molar-refractivity contribution is 0.865. The molecule has 5 heteroatoms. The molecule has 3 nitrogen and oxygen atoms in total. The zero-order chi connectivity index (χ0) is 13.1. The van der Waals surface area contributed by atoms with E-state index in [0.29, 0.717) is 4.64 Å². The van der Waals surface area contributed by atoms with E-state index in [4.69, 9.17) is 12.2 Å². The number of H-pyrrole nitrogens is 1. The SMILES string of the molecule is CCCc1[nH]c(-c2cnccc2C)nc(=S)c1Br. The molecule has 18 heavy (non-hydrogen) atoms. The highest BCUT2D eigenvalue weighted by molar-refractivity contribution is 9.10. The van der Waals surface area contributed by atoms with Gasteiger partial charge in [0.1, 0.15) is 10.5 Å². The van der Waals surface area contributed by atoms with Crippen molar-refractivity contribution < 1.29 is 0 Å². The summed E-state index contributed by atoms with van der Waals surface area (Å²) >= 11 is 8.78. The molecule has 0 saturated carbocycles. The van der Waals surface area contributed by atoms with Crippen LogP contribution in [-0.4, -0.2) is 15.0 Å². The zero-order valence-corrected chi connectivity index (χ0v) is 12.7. The first kappa shape index (κ1) is 13.4. The van der Waals surface area contributed by atoms with Crippen LogP contribution < -0.4 is 0 Å². The van der Waals surface area contributed by atoms with Crippen LogP contribution in [0.1, 0.15) is 24.6 Å². The van der Waals surface area contributed by atoms with Crippen molar-refractivity contribution in [2.75, 3.05) is 0 Å². The minimum Gasteiger partial charge on any atom is -0.342 e. The maximum Gasteiger partial charge on any atom is 0.144 e. The van der Waals surface area contributed by atoms with Crippen LogP contribution in [-0.2, 0) is 6.42 Å². The Morgan fingerprint density at radius 3 is 2.89 bits per heavy atom. The van der Waals surface area contributed by atoms with E-state index >= 15 is 0 Å². The molecule has 0 radical (unpaired) electrons. The minimum atomic E-state index is 0.593. The lowest BCUT2D eigenvalue weighted by Gasteiger charge is -2.09. The third kappa shape index (κ3) is 2.67. The lowest BCUT2D eigenvalue weighted by Crippen LogP contribution is -1.99. The van der Waals surface area contributed by atoms with Crippen molar-refractivity contribution in [1.29, 1.82) is 0 Å². The number of aromatic amines is 1. The van der Waals surface area contributed by atoms with Gasteiger partial charge in [0.2, 0.25) is 0 Å². The fourth-order valence-electron chi connectivity index (χ4n) is 1.77. The van der Waals surface area contributed by atoms with Gasteiger partial charge in [-0.25, -0.2) is 4.98 Å². The molecule has 2 heterocycles. The second-order valence-corrected chi connectivity index (χ2v) is 5.30. The largest absolute Gasteiger partial charge is 0.342 e. The number of rotatable bonds is 3. The quantitative estimate of drug-likeness (QED) is 0.859. The Labute approximate surface area is 120 Å². The number of aromatic nitrogens is 3. The molecule has 0 amide bonds. The van der Waals surface area contributed by atoms with Gasteiger partial charge in [-0.2, -0.15) is 0 Å². The second kappa shape index (κ2) is 5.71. The molecule has 0 aliphatic carbocycles. The molecule has 0 saturated heterocycles. The second-order valence-electron chi connectivity index (χ2n) is 4.12. The van der Waals surface area contributed by atoms with Crippen molar-refractivity contribution in [2.24, 2.45) is 0 Å². The van der Waals surface area contributed by atoms with Crippen LogP contribution in [0.25, 0.3) is 11.4 Å². The summed E-state index contributed by atoms with van der Waals surface area (Å²) in [6.07, 6.45) is 5.59. The topological polar surface area (TPSA) is 41.6 Å². The normalized spacial score (nSPS) is 10.6. The number of hydrogen-bond acceptors (Lipinski definition) is 3.